The summed E-state index contributed by atoms with van der Waals surface area (Å²) in [5.41, 5.74) is 0.478. The average Bonchev–Trinajstić information content (AvgIpc) is 2.36. The molecule has 0 aliphatic heterocycles. The second-order valence-electron chi connectivity index (χ2n) is 3.57. The first kappa shape index (κ1) is 12.3. The van der Waals surface area contributed by atoms with Gasteiger partial charge in [-0.2, -0.15) is 0 Å². The molecule has 0 aliphatic carbocycles. The Labute approximate surface area is 102 Å². The van der Waals surface area contributed by atoms with E-state index in [1.165, 1.54) is 12.4 Å². The lowest BCUT2D eigenvalue weighted by atomic mass is 10.1. The molecule has 0 spiro atoms. The van der Waals surface area contributed by atoms with Crippen LogP contribution >= 0.6 is 0 Å². The molecule has 0 bridgehead atoms. The van der Waals surface area contributed by atoms with E-state index < -0.39 is 17.5 Å². The van der Waals surface area contributed by atoms with Crippen molar-refractivity contribution in [3.8, 4) is 11.3 Å². The predicted octanol–water partition coefficient (Wildman–Crippen LogP) is 2.99. The summed E-state index contributed by atoms with van der Waals surface area (Å²) in [7, 11) is 0. The van der Waals surface area contributed by atoms with E-state index in [0.29, 0.717) is 18.1 Å². The third kappa shape index (κ3) is 2.42. The van der Waals surface area contributed by atoms with E-state index in [4.69, 9.17) is 0 Å². The fourth-order valence-corrected chi connectivity index (χ4v) is 1.50. The molecule has 2 aromatic rings. The van der Waals surface area contributed by atoms with Crippen LogP contribution in [0.4, 0.5) is 19.0 Å². The average molecular weight is 253 g/mol. The summed E-state index contributed by atoms with van der Waals surface area (Å²) < 4.78 is 39.0. The number of aromatic nitrogens is 2. The zero-order valence-electron chi connectivity index (χ0n) is 9.54. The van der Waals surface area contributed by atoms with Gasteiger partial charge < -0.3 is 5.32 Å². The van der Waals surface area contributed by atoms with Crippen molar-refractivity contribution in [2.75, 3.05) is 11.9 Å². The summed E-state index contributed by atoms with van der Waals surface area (Å²) in [4.78, 5) is 7.83. The molecular weight excluding hydrogens is 243 g/mol. The number of benzene rings is 1. The fraction of sp³-hybridized carbons (Fsp3) is 0.167. The Morgan fingerprint density at radius 2 is 1.72 bits per heavy atom. The zero-order valence-corrected chi connectivity index (χ0v) is 9.54. The van der Waals surface area contributed by atoms with Gasteiger partial charge in [0, 0.05) is 18.2 Å². The van der Waals surface area contributed by atoms with Crippen LogP contribution in [0.3, 0.4) is 0 Å². The molecule has 1 aromatic heterocycles. The maximum absolute atomic E-state index is 13.1. The molecule has 3 nitrogen and oxygen atoms in total. The minimum absolute atomic E-state index is 0.160. The summed E-state index contributed by atoms with van der Waals surface area (Å²) in [6.45, 7) is 2.54. The monoisotopic (exact) mass is 253 g/mol. The molecule has 6 heteroatoms. The van der Waals surface area contributed by atoms with Gasteiger partial charge in [0.15, 0.2) is 17.5 Å². The van der Waals surface area contributed by atoms with Crippen molar-refractivity contribution in [3.05, 3.63) is 42.0 Å². The number of anilines is 1. The summed E-state index contributed by atoms with van der Waals surface area (Å²) in [6.07, 6.45) is 1.27. The van der Waals surface area contributed by atoms with Gasteiger partial charge in [-0.25, -0.2) is 23.1 Å². The molecule has 0 atom stereocenters. The smallest absolute Gasteiger partial charge is 0.194 e. The minimum Gasteiger partial charge on any atom is -0.370 e. The third-order valence-corrected chi connectivity index (χ3v) is 2.30. The Balaban J connectivity index is 2.45. The molecule has 1 N–H and O–H groups in total. The number of nitrogens with one attached hydrogen (secondary N) is 1. The Hall–Kier alpha value is -2.11. The van der Waals surface area contributed by atoms with Crippen molar-refractivity contribution in [2.24, 2.45) is 0 Å². The van der Waals surface area contributed by atoms with Crippen LogP contribution in [-0.4, -0.2) is 16.5 Å². The highest BCUT2D eigenvalue weighted by molar-refractivity contribution is 5.62. The van der Waals surface area contributed by atoms with Crippen LogP contribution in [0.25, 0.3) is 11.3 Å². The highest BCUT2D eigenvalue weighted by atomic mass is 19.2. The first-order chi connectivity index (χ1) is 8.61. The molecule has 0 radical (unpaired) electrons. The quantitative estimate of drug-likeness (QED) is 0.854. The number of hydrogen-bond donors (Lipinski definition) is 1. The number of hydrogen-bond acceptors (Lipinski definition) is 3. The second-order valence-corrected chi connectivity index (χ2v) is 3.57. The topological polar surface area (TPSA) is 37.8 Å². The fourth-order valence-electron chi connectivity index (χ4n) is 1.50. The summed E-state index contributed by atoms with van der Waals surface area (Å²) >= 11 is 0. The van der Waals surface area contributed by atoms with Crippen molar-refractivity contribution in [3.63, 3.8) is 0 Å². The van der Waals surface area contributed by atoms with Crippen LogP contribution in [0.2, 0.25) is 0 Å². The Kier molecular flexibility index (Phi) is 3.45. The van der Waals surface area contributed by atoms with Gasteiger partial charge in [-0.3, -0.25) is 0 Å². The van der Waals surface area contributed by atoms with E-state index in [2.05, 4.69) is 15.3 Å². The molecule has 1 aromatic carbocycles. The van der Waals surface area contributed by atoms with Crippen LogP contribution in [0, 0.1) is 17.5 Å². The molecule has 0 fully saturated rings. The standard InChI is InChI=1S/C12H10F3N3/c1-2-16-11-5-10(17-6-18-11)7-3-8(13)12(15)9(14)4-7/h3-6H,2H2,1H3,(H,16,17,18). The zero-order chi connectivity index (χ0) is 13.1. The second kappa shape index (κ2) is 5.03. The lowest BCUT2D eigenvalue weighted by molar-refractivity contribution is 0.447. The highest BCUT2D eigenvalue weighted by Crippen LogP contribution is 2.23. The van der Waals surface area contributed by atoms with Gasteiger partial charge >= 0.3 is 0 Å². The van der Waals surface area contributed by atoms with Crippen molar-refractivity contribution in [2.45, 2.75) is 6.92 Å². The van der Waals surface area contributed by atoms with Crippen molar-refractivity contribution >= 4 is 5.82 Å². The number of halogens is 3. The third-order valence-electron chi connectivity index (χ3n) is 2.30. The lowest BCUT2D eigenvalue weighted by Crippen LogP contribution is -2.00. The van der Waals surface area contributed by atoms with Gasteiger partial charge in [0.25, 0.3) is 0 Å². The Morgan fingerprint density at radius 1 is 1.06 bits per heavy atom. The summed E-state index contributed by atoms with van der Waals surface area (Å²) in [6, 6.07) is 3.34. The van der Waals surface area contributed by atoms with E-state index in [0.717, 1.165) is 12.1 Å². The Morgan fingerprint density at radius 3 is 2.33 bits per heavy atom. The molecule has 0 saturated heterocycles. The van der Waals surface area contributed by atoms with Gasteiger partial charge in [-0.05, 0) is 19.1 Å². The first-order valence-corrected chi connectivity index (χ1v) is 5.32. The summed E-state index contributed by atoms with van der Waals surface area (Å²) in [5.74, 6) is -3.44. The van der Waals surface area contributed by atoms with E-state index in [1.807, 2.05) is 6.92 Å². The van der Waals surface area contributed by atoms with Gasteiger partial charge in [0.1, 0.15) is 12.1 Å². The predicted molar refractivity (Wildman–Crippen MR) is 61.5 cm³/mol. The number of nitrogens with zero attached hydrogens (tertiary/aromatic N) is 2. The molecule has 18 heavy (non-hydrogen) atoms. The molecule has 2 rings (SSSR count). The van der Waals surface area contributed by atoms with Gasteiger partial charge in [-0.15, -0.1) is 0 Å². The van der Waals surface area contributed by atoms with E-state index in [1.54, 1.807) is 0 Å². The molecule has 0 aliphatic rings. The van der Waals surface area contributed by atoms with E-state index >= 15 is 0 Å². The number of rotatable bonds is 3. The first-order valence-electron chi connectivity index (χ1n) is 5.32. The van der Waals surface area contributed by atoms with Crippen molar-refractivity contribution in [1.82, 2.24) is 9.97 Å². The summed E-state index contributed by atoms with van der Waals surface area (Å²) in [5, 5.41) is 2.95. The maximum atomic E-state index is 13.1. The van der Waals surface area contributed by atoms with Gasteiger partial charge in [0.2, 0.25) is 0 Å². The molecule has 0 amide bonds. The van der Waals surface area contributed by atoms with Crippen molar-refractivity contribution in [1.29, 1.82) is 0 Å². The van der Waals surface area contributed by atoms with Gasteiger partial charge in [-0.1, -0.05) is 0 Å². The van der Waals surface area contributed by atoms with Crippen LogP contribution in [0.1, 0.15) is 6.92 Å². The van der Waals surface area contributed by atoms with Crippen LogP contribution < -0.4 is 5.32 Å². The Bertz CT molecular complexity index is 549. The maximum Gasteiger partial charge on any atom is 0.194 e. The van der Waals surface area contributed by atoms with Crippen LogP contribution in [0.5, 0.6) is 0 Å². The van der Waals surface area contributed by atoms with E-state index in [-0.39, 0.29) is 5.56 Å². The van der Waals surface area contributed by atoms with Gasteiger partial charge in [0.05, 0.1) is 5.69 Å². The largest absolute Gasteiger partial charge is 0.370 e. The van der Waals surface area contributed by atoms with Crippen LogP contribution in [-0.2, 0) is 0 Å². The lowest BCUT2D eigenvalue weighted by Gasteiger charge is -2.05. The molecule has 0 unspecified atom stereocenters. The molecule has 1 heterocycles. The molecular formula is C12H10F3N3. The van der Waals surface area contributed by atoms with E-state index in [9.17, 15) is 13.2 Å². The minimum atomic E-state index is -1.49. The highest BCUT2D eigenvalue weighted by Gasteiger charge is 2.12. The molecule has 94 valence electrons. The molecule has 0 saturated carbocycles. The van der Waals surface area contributed by atoms with Crippen LogP contribution in [0.15, 0.2) is 24.5 Å². The SMILES string of the molecule is CCNc1cc(-c2cc(F)c(F)c(F)c2)ncn1. The van der Waals surface area contributed by atoms with Crippen molar-refractivity contribution < 1.29 is 13.2 Å². The normalized spacial score (nSPS) is 10.4.